The second-order valence-electron chi connectivity index (χ2n) is 5.60. The molecule has 1 fully saturated rings. The van der Waals surface area contributed by atoms with Gasteiger partial charge in [-0.05, 0) is 37.0 Å². The molecule has 2 unspecified atom stereocenters. The third-order valence-corrected chi connectivity index (χ3v) is 4.48. The van der Waals surface area contributed by atoms with E-state index in [9.17, 15) is 0 Å². The lowest BCUT2D eigenvalue weighted by atomic mass is 9.86. The van der Waals surface area contributed by atoms with E-state index in [-0.39, 0.29) is 0 Å². The Morgan fingerprint density at radius 2 is 2.10 bits per heavy atom. The number of nitrogens with zero attached hydrogens (tertiary/aromatic N) is 2. The van der Waals surface area contributed by atoms with E-state index < -0.39 is 0 Å². The van der Waals surface area contributed by atoms with Gasteiger partial charge >= 0.3 is 0 Å². The summed E-state index contributed by atoms with van der Waals surface area (Å²) in [7, 11) is 0. The van der Waals surface area contributed by atoms with Gasteiger partial charge in [-0.2, -0.15) is 5.10 Å². The van der Waals surface area contributed by atoms with Crippen LogP contribution in [0.15, 0.2) is 36.7 Å². The van der Waals surface area contributed by atoms with Gasteiger partial charge in [-0.1, -0.05) is 37.4 Å². The molecule has 0 saturated heterocycles. The van der Waals surface area contributed by atoms with Gasteiger partial charge in [-0.3, -0.25) is 0 Å². The van der Waals surface area contributed by atoms with E-state index >= 15 is 0 Å². The minimum Gasteiger partial charge on any atom is -0.380 e. The summed E-state index contributed by atoms with van der Waals surface area (Å²) in [5.41, 5.74) is 2.01. The highest BCUT2D eigenvalue weighted by molar-refractivity contribution is 6.33. The first-order chi connectivity index (χ1) is 9.75. The van der Waals surface area contributed by atoms with Gasteiger partial charge in [0.1, 0.15) is 5.69 Å². The summed E-state index contributed by atoms with van der Waals surface area (Å²) in [5, 5.41) is 8.72. The fraction of sp³-hybridized carbons (Fsp3) is 0.438. The molecule has 1 aromatic heterocycles. The molecule has 1 saturated carbocycles. The monoisotopic (exact) mass is 289 g/mol. The maximum Gasteiger partial charge on any atom is 0.106 e. The van der Waals surface area contributed by atoms with E-state index in [1.807, 2.05) is 29.1 Å². The van der Waals surface area contributed by atoms with E-state index in [1.54, 1.807) is 6.20 Å². The number of hydrogen-bond acceptors (Lipinski definition) is 2. The second-order valence-corrected chi connectivity index (χ2v) is 6.01. The number of benzene rings is 1. The average Bonchev–Trinajstić information content (AvgIpc) is 2.95. The molecule has 4 heteroatoms. The van der Waals surface area contributed by atoms with Gasteiger partial charge in [-0.25, -0.2) is 4.68 Å². The summed E-state index contributed by atoms with van der Waals surface area (Å²) in [6, 6.07) is 8.43. The maximum atomic E-state index is 6.37. The number of nitrogens with one attached hydrogen (secondary N) is 1. The van der Waals surface area contributed by atoms with Crippen molar-refractivity contribution in [3.05, 3.63) is 41.7 Å². The van der Waals surface area contributed by atoms with E-state index in [1.165, 1.54) is 25.7 Å². The molecule has 106 valence electrons. The Balaban J connectivity index is 1.91. The standard InChI is InChI=1S/C16H20ClN3/c1-12-6-2-3-8-14(12)19-15-9-4-7-13(17)16(15)20-11-5-10-18-20/h4-5,7,9-12,14,19H,2-3,6,8H2,1H3. The van der Waals surface area contributed by atoms with Crippen LogP contribution in [-0.4, -0.2) is 15.8 Å². The van der Waals surface area contributed by atoms with Crippen molar-refractivity contribution in [2.45, 2.75) is 38.6 Å². The molecular formula is C16H20ClN3. The largest absolute Gasteiger partial charge is 0.380 e. The zero-order chi connectivity index (χ0) is 13.9. The lowest BCUT2D eigenvalue weighted by Gasteiger charge is -2.31. The van der Waals surface area contributed by atoms with Gasteiger partial charge in [0.2, 0.25) is 0 Å². The van der Waals surface area contributed by atoms with Gasteiger partial charge in [0.25, 0.3) is 0 Å². The molecule has 0 radical (unpaired) electrons. The molecule has 3 nitrogen and oxygen atoms in total. The van der Waals surface area contributed by atoms with Crippen LogP contribution in [0.1, 0.15) is 32.6 Å². The normalized spacial score (nSPS) is 22.7. The lowest BCUT2D eigenvalue weighted by Crippen LogP contribution is -2.30. The molecule has 1 aromatic carbocycles. The van der Waals surface area contributed by atoms with Crippen molar-refractivity contribution < 1.29 is 0 Å². The van der Waals surface area contributed by atoms with Crippen LogP contribution >= 0.6 is 11.6 Å². The molecule has 2 aromatic rings. The fourth-order valence-corrected chi connectivity index (χ4v) is 3.26. The third kappa shape index (κ3) is 2.68. The molecule has 0 amide bonds. The molecule has 1 aliphatic carbocycles. The predicted molar refractivity (Wildman–Crippen MR) is 83.6 cm³/mol. The van der Waals surface area contributed by atoms with Crippen LogP contribution in [0.25, 0.3) is 5.69 Å². The molecule has 3 rings (SSSR count). The summed E-state index contributed by atoms with van der Waals surface area (Å²) in [4.78, 5) is 0. The van der Waals surface area contributed by atoms with Crippen molar-refractivity contribution in [3.63, 3.8) is 0 Å². The number of hydrogen-bond donors (Lipinski definition) is 1. The van der Waals surface area contributed by atoms with Crippen LogP contribution in [0.5, 0.6) is 0 Å². The van der Waals surface area contributed by atoms with Crippen LogP contribution in [0.3, 0.4) is 0 Å². The van der Waals surface area contributed by atoms with Crippen molar-refractivity contribution >= 4 is 17.3 Å². The number of anilines is 1. The van der Waals surface area contributed by atoms with Gasteiger partial charge in [-0.15, -0.1) is 0 Å². The Kier molecular flexibility index (Phi) is 3.97. The van der Waals surface area contributed by atoms with Crippen LogP contribution in [-0.2, 0) is 0 Å². The first kappa shape index (κ1) is 13.5. The molecule has 0 bridgehead atoms. The molecular weight excluding hydrogens is 270 g/mol. The van der Waals surface area contributed by atoms with Gasteiger partial charge in [0.05, 0.1) is 10.7 Å². The minimum atomic E-state index is 0.525. The van der Waals surface area contributed by atoms with Gasteiger partial charge in [0.15, 0.2) is 0 Å². The Morgan fingerprint density at radius 3 is 2.85 bits per heavy atom. The summed E-state index contributed by atoms with van der Waals surface area (Å²) in [5.74, 6) is 0.702. The highest BCUT2D eigenvalue weighted by Crippen LogP contribution is 2.32. The topological polar surface area (TPSA) is 29.9 Å². The van der Waals surface area contributed by atoms with Crippen molar-refractivity contribution in [1.29, 1.82) is 0 Å². The van der Waals surface area contributed by atoms with Crippen LogP contribution < -0.4 is 5.32 Å². The zero-order valence-corrected chi connectivity index (χ0v) is 12.5. The average molecular weight is 290 g/mol. The second kappa shape index (κ2) is 5.88. The van der Waals surface area contributed by atoms with E-state index in [0.29, 0.717) is 12.0 Å². The Morgan fingerprint density at radius 1 is 1.25 bits per heavy atom. The number of aromatic nitrogens is 2. The SMILES string of the molecule is CC1CCCCC1Nc1cccc(Cl)c1-n1cccn1. The summed E-state index contributed by atoms with van der Waals surface area (Å²) >= 11 is 6.37. The minimum absolute atomic E-state index is 0.525. The number of para-hydroxylation sites is 1. The quantitative estimate of drug-likeness (QED) is 0.900. The molecule has 0 spiro atoms. The maximum absolute atomic E-state index is 6.37. The Bertz CT molecular complexity index is 565. The molecule has 1 aliphatic rings. The Hall–Kier alpha value is -1.48. The zero-order valence-electron chi connectivity index (χ0n) is 11.7. The number of halogens is 1. The first-order valence-corrected chi connectivity index (χ1v) is 7.68. The molecule has 1 N–H and O–H groups in total. The molecule has 20 heavy (non-hydrogen) atoms. The van der Waals surface area contributed by atoms with Gasteiger partial charge < -0.3 is 5.32 Å². The molecule has 0 aliphatic heterocycles. The van der Waals surface area contributed by atoms with Crippen LogP contribution in [0, 0.1) is 5.92 Å². The third-order valence-electron chi connectivity index (χ3n) is 4.17. The number of rotatable bonds is 3. The molecule has 2 atom stereocenters. The van der Waals surface area contributed by atoms with Crippen LogP contribution in [0.4, 0.5) is 5.69 Å². The van der Waals surface area contributed by atoms with E-state index in [4.69, 9.17) is 11.6 Å². The summed E-state index contributed by atoms with van der Waals surface area (Å²) in [6.45, 7) is 2.33. The first-order valence-electron chi connectivity index (χ1n) is 7.31. The predicted octanol–water partition coefficient (Wildman–Crippen LogP) is 4.52. The Labute approximate surface area is 124 Å². The van der Waals surface area contributed by atoms with Gasteiger partial charge in [0, 0.05) is 18.4 Å². The highest BCUT2D eigenvalue weighted by Gasteiger charge is 2.22. The van der Waals surface area contributed by atoms with Crippen LogP contribution in [0.2, 0.25) is 5.02 Å². The highest BCUT2D eigenvalue weighted by atomic mass is 35.5. The smallest absolute Gasteiger partial charge is 0.106 e. The summed E-state index contributed by atoms with van der Waals surface area (Å²) < 4.78 is 1.83. The van der Waals surface area contributed by atoms with E-state index in [2.05, 4.69) is 23.4 Å². The van der Waals surface area contributed by atoms with Crippen molar-refractivity contribution in [1.82, 2.24) is 9.78 Å². The summed E-state index contributed by atoms with van der Waals surface area (Å²) in [6.07, 6.45) is 8.88. The van der Waals surface area contributed by atoms with Crippen molar-refractivity contribution in [3.8, 4) is 5.69 Å². The lowest BCUT2D eigenvalue weighted by molar-refractivity contribution is 0.349. The van der Waals surface area contributed by atoms with E-state index in [0.717, 1.165) is 16.4 Å². The van der Waals surface area contributed by atoms with Crippen molar-refractivity contribution in [2.75, 3.05) is 5.32 Å². The fourth-order valence-electron chi connectivity index (χ4n) is 3.00. The van der Waals surface area contributed by atoms with Crippen molar-refractivity contribution in [2.24, 2.45) is 5.92 Å². The molecule has 1 heterocycles.